The van der Waals surface area contributed by atoms with Crippen molar-refractivity contribution in [2.75, 3.05) is 37.6 Å². The fraction of sp³-hybridized carbons (Fsp3) is 0.647. The van der Waals surface area contributed by atoms with E-state index in [1.165, 1.54) is 36.4 Å². The molecule has 0 saturated carbocycles. The Bertz CT molecular complexity index is 420. The van der Waals surface area contributed by atoms with Crippen LogP contribution in [0.2, 0.25) is 0 Å². The van der Waals surface area contributed by atoms with Crippen molar-refractivity contribution in [1.29, 1.82) is 0 Å². The van der Waals surface area contributed by atoms with Gasteiger partial charge in [-0.05, 0) is 30.7 Å². The Morgan fingerprint density at radius 3 is 2.40 bits per heavy atom. The third-order valence-electron chi connectivity index (χ3n) is 4.14. The normalized spacial score (nSPS) is 16.9. The summed E-state index contributed by atoms with van der Waals surface area (Å²) in [4.78, 5) is 5.05. The average molecular weight is 275 g/mol. The summed E-state index contributed by atoms with van der Waals surface area (Å²) in [5.74, 6) is 0. The van der Waals surface area contributed by atoms with Crippen LogP contribution in [0.1, 0.15) is 31.9 Å². The minimum Gasteiger partial charge on any atom is -0.369 e. The summed E-state index contributed by atoms with van der Waals surface area (Å²) >= 11 is 0. The molecule has 0 aliphatic carbocycles. The quantitative estimate of drug-likeness (QED) is 0.891. The second-order valence-electron chi connectivity index (χ2n) is 6.08. The van der Waals surface area contributed by atoms with E-state index in [1.54, 1.807) is 0 Å². The molecule has 2 rings (SSSR count). The van der Waals surface area contributed by atoms with Gasteiger partial charge in [0.15, 0.2) is 0 Å². The molecule has 3 heteroatoms. The third kappa shape index (κ3) is 3.97. The SMILES string of the molecule is CCN1CCN(c2ccc(CNC(C)C)cc2C)CC1. The van der Waals surface area contributed by atoms with Crippen molar-refractivity contribution in [3.63, 3.8) is 0 Å². The summed E-state index contributed by atoms with van der Waals surface area (Å²) in [6.07, 6.45) is 0. The summed E-state index contributed by atoms with van der Waals surface area (Å²) in [6.45, 7) is 15.7. The van der Waals surface area contributed by atoms with E-state index in [2.05, 4.69) is 61.0 Å². The van der Waals surface area contributed by atoms with Gasteiger partial charge in [0.05, 0.1) is 0 Å². The van der Waals surface area contributed by atoms with Crippen molar-refractivity contribution < 1.29 is 0 Å². The van der Waals surface area contributed by atoms with Gasteiger partial charge in [-0.2, -0.15) is 0 Å². The monoisotopic (exact) mass is 275 g/mol. The zero-order valence-corrected chi connectivity index (χ0v) is 13.4. The van der Waals surface area contributed by atoms with Crippen LogP contribution in [-0.2, 0) is 6.54 Å². The van der Waals surface area contributed by atoms with Crippen molar-refractivity contribution >= 4 is 5.69 Å². The fourth-order valence-electron chi connectivity index (χ4n) is 2.81. The van der Waals surface area contributed by atoms with E-state index in [9.17, 15) is 0 Å². The van der Waals surface area contributed by atoms with E-state index in [-0.39, 0.29) is 0 Å². The molecule has 0 bridgehead atoms. The Hall–Kier alpha value is -1.06. The highest BCUT2D eigenvalue weighted by atomic mass is 15.3. The van der Waals surface area contributed by atoms with E-state index >= 15 is 0 Å². The molecular weight excluding hydrogens is 246 g/mol. The lowest BCUT2D eigenvalue weighted by molar-refractivity contribution is 0.271. The summed E-state index contributed by atoms with van der Waals surface area (Å²) in [6, 6.07) is 7.44. The second kappa shape index (κ2) is 7.09. The first-order valence-corrected chi connectivity index (χ1v) is 7.90. The molecule has 1 heterocycles. The lowest BCUT2D eigenvalue weighted by Crippen LogP contribution is -2.46. The lowest BCUT2D eigenvalue weighted by atomic mass is 10.1. The van der Waals surface area contributed by atoms with Crippen LogP contribution in [0.25, 0.3) is 0 Å². The maximum Gasteiger partial charge on any atom is 0.0397 e. The molecule has 1 saturated heterocycles. The number of rotatable bonds is 5. The first-order valence-electron chi connectivity index (χ1n) is 7.90. The first-order chi connectivity index (χ1) is 9.60. The Morgan fingerprint density at radius 2 is 1.85 bits per heavy atom. The van der Waals surface area contributed by atoms with E-state index in [1.807, 2.05) is 0 Å². The highest BCUT2D eigenvalue weighted by Gasteiger charge is 2.17. The highest BCUT2D eigenvalue weighted by Crippen LogP contribution is 2.22. The van der Waals surface area contributed by atoms with Crippen molar-refractivity contribution in [2.24, 2.45) is 0 Å². The lowest BCUT2D eigenvalue weighted by Gasteiger charge is -2.36. The zero-order chi connectivity index (χ0) is 14.5. The molecule has 3 nitrogen and oxygen atoms in total. The smallest absolute Gasteiger partial charge is 0.0397 e. The number of aryl methyl sites for hydroxylation is 1. The van der Waals surface area contributed by atoms with E-state index in [0.717, 1.165) is 19.6 Å². The van der Waals surface area contributed by atoms with Crippen LogP contribution in [0.5, 0.6) is 0 Å². The molecule has 112 valence electrons. The van der Waals surface area contributed by atoms with Crippen LogP contribution in [-0.4, -0.2) is 43.7 Å². The maximum atomic E-state index is 3.48. The molecule has 1 aliphatic rings. The largest absolute Gasteiger partial charge is 0.369 e. The van der Waals surface area contributed by atoms with Crippen molar-refractivity contribution in [3.05, 3.63) is 29.3 Å². The van der Waals surface area contributed by atoms with Gasteiger partial charge in [-0.25, -0.2) is 0 Å². The number of benzene rings is 1. The molecule has 1 N–H and O–H groups in total. The summed E-state index contributed by atoms with van der Waals surface area (Å²) in [7, 11) is 0. The van der Waals surface area contributed by atoms with Crippen LogP contribution >= 0.6 is 0 Å². The summed E-state index contributed by atoms with van der Waals surface area (Å²) in [5, 5.41) is 3.48. The van der Waals surface area contributed by atoms with Gasteiger partial charge in [0.1, 0.15) is 0 Å². The van der Waals surface area contributed by atoms with Gasteiger partial charge in [0, 0.05) is 44.5 Å². The van der Waals surface area contributed by atoms with Gasteiger partial charge in [0.2, 0.25) is 0 Å². The number of nitrogens with zero attached hydrogens (tertiary/aromatic N) is 2. The predicted octanol–water partition coefficient (Wildman–Crippen LogP) is 2.63. The number of nitrogens with one attached hydrogen (secondary N) is 1. The minimum absolute atomic E-state index is 0.539. The van der Waals surface area contributed by atoms with Gasteiger partial charge in [0.25, 0.3) is 0 Å². The predicted molar refractivity (Wildman–Crippen MR) is 87.5 cm³/mol. The Balaban J connectivity index is 1.99. The number of hydrogen-bond acceptors (Lipinski definition) is 3. The number of likely N-dealkylation sites (N-methyl/N-ethyl adjacent to an activating group) is 1. The topological polar surface area (TPSA) is 18.5 Å². The zero-order valence-electron chi connectivity index (χ0n) is 13.4. The van der Waals surface area contributed by atoms with E-state index in [0.29, 0.717) is 6.04 Å². The first kappa shape index (κ1) is 15.3. The molecule has 1 aliphatic heterocycles. The second-order valence-corrected chi connectivity index (χ2v) is 6.08. The highest BCUT2D eigenvalue weighted by molar-refractivity contribution is 5.54. The summed E-state index contributed by atoms with van der Waals surface area (Å²) < 4.78 is 0. The van der Waals surface area contributed by atoms with Gasteiger partial charge >= 0.3 is 0 Å². The Kier molecular flexibility index (Phi) is 5.44. The molecule has 0 spiro atoms. The number of anilines is 1. The molecule has 1 fully saturated rings. The summed E-state index contributed by atoms with van der Waals surface area (Å²) in [5.41, 5.74) is 4.19. The minimum atomic E-state index is 0.539. The van der Waals surface area contributed by atoms with Gasteiger partial charge in [-0.3, -0.25) is 0 Å². The molecule has 0 radical (unpaired) electrons. The van der Waals surface area contributed by atoms with Crippen molar-refractivity contribution in [1.82, 2.24) is 10.2 Å². The van der Waals surface area contributed by atoms with Crippen LogP contribution < -0.4 is 10.2 Å². The third-order valence-corrected chi connectivity index (χ3v) is 4.14. The van der Waals surface area contributed by atoms with Crippen molar-refractivity contribution in [3.8, 4) is 0 Å². The van der Waals surface area contributed by atoms with Crippen LogP contribution in [0.15, 0.2) is 18.2 Å². The molecule has 1 aromatic carbocycles. The van der Waals surface area contributed by atoms with Gasteiger partial charge in [-0.15, -0.1) is 0 Å². The van der Waals surface area contributed by atoms with Crippen LogP contribution in [0.3, 0.4) is 0 Å². The number of hydrogen-bond donors (Lipinski definition) is 1. The average Bonchev–Trinajstić information content (AvgIpc) is 2.45. The van der Waals surface area contributed by atoms with Gasteiger partial charge in [-0.1, -0.05) is 32.9 Å². The standard InChI is InChI=1S/C17H29N3/c1-5-19-8-10-20(11-9-19)17-7-6-16(12-15(17)4)13-18-14(2)3/h6-7,12,14,18H,5,8-11,13H2,1-4H3. The fourth-order valence-corrected chi connectivity index (χ4v) is 2.81. The Morgan fingerprint density at radius 1 is 1.15 bits per heavy atom. The van der Waals surface area contributed by atoms with Gasteiger partial charge < -0.3 is 15.1 Å². The molecule has 0 amide bonds. The van der Waals surface area contributed by atoms with E-state index in [4.69, 9.17) is 0 Å². The molecular formula is C17H29N3. The Labute approximate surface area is 124 Å². The molecule has 0 atom stereocenters. The molecule has 20 heavy (non-hydrogen) atoms. The molecule has 0 unspecified atom stereocenters. The van der Waals surface area contributed by atoms with Crippen LogP contribution in [0, 0.1) is 6.92 Å². The van der Waals surface area contributed by atoms with E-state index < -0.39 is 0 Å². The molecule has 1 aromatic rings. The molecule has 0 aromatic heterocycles. The number of piperazine rings is 1. The van der Waals surface area contributed by atoms with Crippen molar-refractivity contribution in [2.45, 2.75) is 40.3 Å². The van der Waals surface area contributed by atoms with Crippen LogP contribution in [0.4, 0.5) is 5.69 Å². The maximum absolute atomic E-state index is 3.48.